The molecule has 2 aromatic rings. The summed E-state index contributed by atoms with van der Waals surface area (Å²) in [5.41, 5.74) is 0.643. The smallest absolute Gasteiger partial charge is 0.273 e. The Morgan fingerprint density at radius 1 is 1.16 bits per heavy atom. The summed E-state index contributed by atoms with van der Waals surface area (Å²) >= 11 is 0. The van der Waals surface area contributed by atoms with Crippen molar-refractivity contribution in [1.82, 2.24) is 4.31 Å². The van der Waals surface area contributed by atoms with Crippen LogP contribution in [0.1, 0.15) is 42.1 Å². The number of nitrogens with one attached hydrogen (secondary N) is 1. The molecule has 0 unspecified atom stereocenters. The molecule has 0 atom stereocenters. The van der Waals surface area contributed by atoms with Gasteiger partial charge in [0.2, 0.25) is 10.0 Å². The predicted molar refractivity (Wildman–Crippen MR) is 116 cm³/mol. The maximum Gasteiger partial charge on any atom is 0.273 e. The van der Waals surface area contributed by atoms with Crippen molar-refractivity contribution in [2.45, 2.75) is 38.0 Å². The topological polar surface area (TPSA) is 119 Å². The van der Waals surface area contributed by atoms with E-state index in [0.717, 1.165) is 19.3 Å². The van der Waals surface area contributed by atoms with Gasteiger partial charge in [0, 0.05) is 36.0 Å². The minimum atomic E-state index is -3.79. The van der Waals surface area contributed by atoms with Crippen LogP contribution >= 0.6 is 0 Å². The second-order valence-corrected chi connectivity index (χ2v) is 9.18. The Labute approximate surface area is 181 Å². The maximum absolute atomic E-state index is 13.2. The van der Waals surface area contributed by atoms with Crippen LogP contribution in [0.3, 0.4) is 0 Å². The number of sulfonamides is 1. The summed E-state index contributed by atoms with van der Waals surface area (Å²) in [7, 11) is -3.79. The van der Waals surface area contributed by atoms with Crippen molar-refractivity contribution in [2.24, 2.45) is 0 Å². The molecule has 0 saturated carbocycles. The van der Waals surface area contributed by atoms with E-state index >= 15 is 0 Å². The van der Waals surface area contributed by atoms with Crippen LogP contribution in [0.4, 0.5) is 11.4 Å². The molecule has 1 fully saturated rings. The van der Waals surface area contributed by atoms with Crippen LogP contribution in [0.25, 0.3) is 0 Å². The number of benzene rings is 2. The highest BCUT2D eigenvalue weighted by molar-refractivity contribution is 7.89. The number of nitrogens with zero attached hydrogens (tertiary/aromatic N) is 2. The van der Waals surface area contributed by atoms with E-state index in [1.54, 1.807) is 19.9 Å². The molecule has 10 heteroatoms. The lowest BCUT2D eigenvalue weighted by Crippen LogP contribution is -2.35. The third-order valence-electron chi connectivity index (χ3n) is 5.10. The number of nitro benzene ring substituents is 1. The molecule has 0 aromatic heterocycles. The Morgan fingerprint density at radius 3 is 2.52 bits per heavy atom. The van der Waals surface area contributed by atoms with Gasteiger partial charge in [-0.15, -0.1) is 0 Å². The van der Waals surface area contributed by atoms with Crippen LogP contribution in [-0.2, 0) is 10.0 Å². The highest BCUT2D eigenvalue weighted by Gasteiger charge is 2.29. The molecule has 0 bridgehead atoms. The normalized spacial score (nSPS) is 14.8. The number of hydrogen-bond acceptors (Lipinski definition) is 6. The van der Waals surface area contributed by atoms with Gasteiger partial charge >= 0.3 is 0 Å². The van der Waals surface area contributed by atoms with Crippen LogP contribution in [0, 0.1) is 17.0 Å². The van der Waals surface area contributed by atoms with Crippen molar-refractivity contribution in [3.8, 4) is 5.75 Å². The third-order valence-corrected chi connectivity index (χ3v) is 7.02. The minimum absolute atomic E-state index is 0.0102. The molecular weight excluding hydrogens is 422 g/mol. The molecule has 9 nitrogen and oxygen atoms in total. The second-order valence-electron chi connectivity index (χ2n) is 7.27. The van der Waals surface area contributed by atoms with Gasteiger partial charge in [-0.25, -0.2) is 8.42 Å². The number of aryl methyl sites for hydroxylation is 1. The van der Waals surface area contributed by atoms with Crippen LogP contribution < -0.4 is 10.1 Å². The summed E-state index contributed by atoms with van der Waals surface area (Å²) < 4.78 is 33.4. The van der Waals surface area contributed by atoms with Gasteiger partial charge in [-0.2, -0.15) is 4.31 Å². The van der Waals surface area contributed by atoms with Gasteiger partial charge in [0.1, 0.15) is 10.6 Å². The first kappa shape index (κ1) is 22.7. The van der Waals surface area contributed by atoms with Gasteiger partial charge in [-0.1, -0.05) is 12.5 Å². The first-order valence-electron chi connectivity index (χ1n) is 10.1. The Bertz CT molecular complexity index is 1090. The molecule has 0 radical (unpaired) electrons. The van der Waals surface area contributed by atoms with Gasteiger partial charge in [0.15, 0.2) is 0 Å². The van der Waals surface area contributed by atoms with Crippen molar-refractivity contribution < 1.29 is 22.9 Å². The quantitative estimate of drug-likeness (QED) is 0.510. The lowest BCUT2D eigenvalue weighted by Gasteiger charge is -2.27. The molecule has 1 amide bonds. The number of ether oxygens (including phenoxy) is 1. The molecule has 1 aliphatic rings. The average Bonchev–Trinajstić information content (AvgIpc) is 2.75. The van der Waals surface area contributed by atoms with E-state index in [1.165, 1.54) is 34.6 Å². The molecule has 1 aliphatic heterocycles. The molecule has 3 rings (SSSR count). The second kappa shape index (κ2) is 9.44. The van der Waals surface area contributed by atoms with E-state index in [-0.39, 0.29) is 27.6 Å². The summed E-state index contributed by atoms with van der Waals surface area (Å²) in [6.07, 6.45) is 2.58. The van der Waals surface area contributed by atoms with E-state index in [2.05, 4.69) is 5.32 Å². The largest absolute Gasteiger partial charge is 0.492 e. The molecule has 0 aliphatic carbocycles. The number of rotatable bonds is 7. The highest BCUT2D eigenvalue weighted by atomic mass is 32.2. The van der Waals surface area contributed by atoms with Crippen LogP contribution in [0.5, 0.6) is 5.75 Å². The number of amides is 1. The summed E-state index contributed by atoms with van der Waals surface area (Å²) in [5.74, 6) is -0.356. The highest BCUT2D eigenvalue weighted by Crippen LogP contribution is 2.31. The summed E-state index contributed by atoms with van der Waals surface area (Å²) in [4.78, 5) is 23.2. The lowest BCUT2D eigenvalue weighted by atomic mass is 10.1. The third kappa shape index (κ3) is 5.02. The van der Waals surface area contributed by atoms with E-state index in [9.17, 15) is 23.3 Å². The SMILES string of the molecule is CCOc1ccc(NC(=O)c2ccc(C)c([N+](=O)[O-])c2)cc1S(=O)(=O)N1CCCCC1. The first-order chi connectivity index (χ1) is 14.7. The van der Waals surface area contributed by atoms with Crippen LogP contribution in [0.15, 0.2) is 41.3 Å². The number of carbonyl (C=O) groups excluding carboxylic acids is 1. The van der Waals surface area contributed by atoms with Gasteiger partial charge in [-0.05, 0) is 51.0 Å². The fraction of sp³-hybridized carbons (Fsp3) is 0.381. The zero-order valence-electron chi connectivity index (χ0n) is 17.5. The molecule has 0 spiro atoms. The molecule has 2 aromatic carbocycles. The van der Waals surface area contributed by atoms with Crippen molar-refractivity contribution in [3.05, 3.63) is 57.6 Å². The monoisotopic (exact) mass is 447 g/mol. The van der Waals surface area contributed by atoms with E-state index in [4.69, 9.17) is 4.74 Å². The predicted octanol–water partition coefficient (Wildman–Crippen LogP) is 3.73. The molecule has 166 valence electrons. The van der Waals surface area contributed by atoms with Gasteiger partial charge in [0.25, 0.3) is 11.6 Å². The van der Waals surface area contributed by atoms with Crippen molar-refractivity contribution in [1.29, 1.82) is 0 Å². The molecule has 1 saturated heterocycles. The molecule has 1 N–H and O–H groups in total. The van der Waals surface area contributed by atoms with Crippen molar-refractivity contribution >= 4 is 27.3 Å². The summed E-state index contributed by atoms with van der Waals surface area (Å²) in [6, 6.07) is 8.60. The minimum Gasteiger partial charge on any atom is -0.492 e. The van der Waals surface area contributed by atoms with Crippen LogP contribution in [0.2, 0.25) is 0 Å². The van der Waals surface area contributed by atoms with E-state index in [1.807, 2.05) is 0 Å². The number of piperidine rings is 1. The summed E-state index contributed by atoms with van der Waals surface area (Å²) in [5, 5.41) is 13.8. The average molecular weight is 448 g/mol. The Kier molecular flexibility index (Phi) is 6.91. The van der Waals surface area contributed by atoms with Gasteiger partial charge in [-0.3, -0.25) is 14.9 Å². The van der Waals surface area contributed by atoms with E-state index in [0.29, 0.717) is 25.3 Å². The Morgan fingerprint density at radius 2 is 1.87 bits per heavy atom. The number of anilines is 1. The Balaban J connectivity index is 1.92. The maximum atomic E-state index is 13.2. The molecule has 31 heavy (non-hydrogen) atoms. The van der Waals surface area contributed by atoms with E-state index < -0.39 is 20.9 Å². The zero-order valence-corrected chi connectivity index (χ0v) is 18.3. The van der Waals surface area contributed by atoms with Crippen molar-refractivity contribution in [2.75, 3.05) is 25.0 Å². The first-order valence-corrected chi connectivity index (χ1v) is 11.5. The zero-order chi connectivity index (χ0) is 22.6. The van der Waals surface area contributed by atoms with Crippen LogP contribution in [-0.4, -0.2) is 43.2 Å². The summed E-state index contributed by atoms with van der Waals surface area (Å²) in [6.45, 7) is 4.53. The van der Waals surface area contributed by atoms with Gasteiger partial charge < -0.3 is 10.1 Å². The molecule has 1 heterocycles. The number of nitro groups is 1. The number of hydrogen-bond donors (Lipinski definition) is 1. The lowest BCUT2D eigenvalue weighted by molar-refractivity contribution is -0.385. The fourth-order valence-corrected chi connectivity index (χ4v) is 5.13. The van der Waals surface area contributed by atoms with Gasteiger partial charge in [0.05, 0.1) is 11.5 Å². The Hall–Kier alpha value is -2.98. The number of carbonyl (C=O) groups is 1. The fourth-order valence-electron chi connectivity index (χ4n) is 3.46. The standard InChI is InChI=1S/C21H25N3O6S/c1-3-30-19-10-9-17(14-20(19)31(28,29)23-11-5-4-6-12-23)22-21(25)16-8-7-15(2)18(13-16)24(26)27/h7-10,13-14H,3-6,11-12H2,1-2H3,(H,22,25). The van der Waals surface area contributed by atoms with Crippen molar-refractivity contribution in [3.63, 3.8) is 0 Å². The molecular formula is C21H25N3O6S.